The molecule has 0 unspecified atom stereocenters. The lowest BCUT2D eigenvalue weighted by Crippen LogP contribution is -2.09. The molecular formula is C48H34N2S3. The lowest BCUT2D eigenvalue weighted by atomic mass is 10.1. The van der Waals surface area contributed by atoms with E-state index in [1.807, 2.05) is 34.0 Å². The number of hydrogen-bond donors (Lipinski definition) is 0. The topological polar surface area (TPSA) is 6.48 Å². The number of benzene rings is 6. The maximum absolute atomic E-state index is 2.30. The molecule has 5 heteroatoms. The minimum absolute atomic E-state index is 1.14. The zero-order valence-electron chi connectivity index (χ0n) is 28.7. The van der Waals surface area contributed by atoms with E-state index in [0.717, 1.165) is 34.1 Å². The van der Waals surface area contributed by atoms with Crippen molar-refractivity contribution in [1.82, 2.24) is 0 Å². The second-order valence-corrected chi connectivity index (χ2v) is 15.8. The van der Waals surface area contributed by atoms with E-state index >= 15 is 0 Å². The highest BCUT2D eigenvalue weighted by molar-refractivity contribution is 7.27. The van der Waals surface area contributed by atoms with E-state index in [2.05, 4.69) is 216 Å². The van der Waals surface area contributed by atoms with Crippen molar-refractivity contribution >= 4 is 68.1 Å². The monoisotopic (exact) mass is 734 g/mol. The highest BCUT2D eigenvalue weighted by Gasteiger charge is 2.15. The number of anilines is 6. The smallest absolute Gasteiger partial charge is 0.0462 e. The van der Waals surface area contributed by atoms with E-state index in [-0.39, 0.29) is 0 Å². The fraction of sp³-hybridized carbons (Fsp3) is 0. The van der Waals surface area contributed by atoms with E-state index in [0.29, 0.717) is 0 Å². The second-order valence-electron chi connectivity index (χ2n) is 12.6. The Morgan fingerprint density at radius 1 is 0.208 bits per heavy atom. The van der Waals surface area contributed by atoms with Crippen molar-refractivity contribution in [2.24, 2.45) is 0 Å². The van der Waals surface area contributed by atoms with E-state index in [9.17, 15) is 0 Å². The number of hydrogen-bond acceptors (Lipinski definition) is 5. The first-order valence-corrected chi connectivity index (χ1v) is 20.0. The highest BCUT2D eigenvalue weighted by Crippen LogP contribution is 2.44. The molecule has 6 aromatic carbocycles. The molecule has 0 fully saturated rings. The number of rotatable bonds is 10. The van der Waals surface area contributed by atoms with Crippen molar-refractivity contribution in [3.8, 4) is 40.4 Å². The Kier molecular flexibility index (Phi) is 9.27. The van der Waals surface area contributed by atoms with Crippen molar-refractivity contribution < 1.29 is 0 Å². The Labute approximate surface area is 322 Å². The Morgan fingerprint density at radius 3 is 0.717 bits per heavy atom. The first-order valence-electron chi connectivity index (χ1n) is 17.6. The molecule has 0 amide bonds. The Bertz CT molecular complexity index is 2280. The molecule has 0 bridgehead atoms. The number of thiophene rings is 3. The predicted molar refractivity (Wildman–Crippen MR) is 231 cm³/mol. The third-order valence-corrected chi connectivity index (χ3v) is 12.9. The molecule has 0 saturated carbocycles. The fourth-order valence-corrected chi connectivity index (χ4v) is 9.82. The van der Waals surface area contributed by atoms with Gasteiger partial charge in [-0.15, -0.1) is 34.0 Å². The average Bonchev–Trinajstić information content (AvgIpc) is 4.03. The molecular weight excluding hydrogens is 701 g/mol. The van der Waals surface area contributed by atoms with Gasteiger partial charge in [-0.1, -0.05) is 97.1 Å². The molecule has 0 atom stereocenters. The molecule has 9 rings (SSSR count). The van der Waals surface area contributed by atoms with Crippen LogP contribution in [0.4, 0.5) is 34.1 Å². The van der Waals surface area contributed by atoms with Gasteiger partial charge in [0.15, 0.2) is 0 Å². The summed E-state index contributed by atoms with van der Waals surface area (Å²) in [5.74, 6) is 0. The molecule has 0 aliphatic rings. The summed E-state index contributed by atoms with van der Waals surface area (Å²) >= 11 is 5.57. The first-order chi connectivity index (χ1) is 26.3. The molecule has 0 saturated heterocycles. The maximum atomic E-state index is 2.30. The van der Waals surface area contributed by atoms with Crippen molar-refractivity contribution in [2.75, 3.05) is 9.80 Å². The Balaban J connectivity index is 0.919. The van der Waals surface area contributed by atoms with Crippen molar-refractivity contribution in [3.63, 3.8) is 0 Å². The zero-order chi connectivity index (χ0) is 35.4. The van der Waals surface area contributed by atoms with Crippen molar-refractivity contribution in [3.05, 3.63) is 206 Å². The van der Waals surface area contributed by atoms with E-state index in [4.69, 9.17) is 0 Å². The van der Waals surface area contributed by atoms with E-state index in [1.54, 1.807) is 0 Å². The Morgan fingerprint density at radius 2 is 0.434 bits per heavy atom. The van der Waals surface area contributed by atoms with Gasteiger partial charge in [-0.25, -0.2) is 0 Å². The number of nitrogens with zero attached hydrogens (tertiary/aromatic N) is 2. The van der Waals surface area contributed by atoms with Crippen LogP contribution in [0.15, 0.2) is 206 Å². The molecule has 0 aliphatic carbocycles. The van der Waals surface area contributed by atoms with Crippen molar-refractivity contribution in [1.29, 1.82) is 0 Å². The summed E-state index contributed by atoms with van der Waals surface area (Å²) in [5.41, 5.74) is 9.30. The van der Waals surface area contributed by atoms with Gasteiger partial charge in [0, 0.05) is 63.4 Å². The van der Waals surface area contributed by atoms with Gasteiger partial charge in [0.2, 0.25) is 0 Å². The van der Waals surface area contributed by atoms with Crippen LogP contribution in [0.3, 0.4) is 0 Å². The largest absolute Gasteiger partial charge is 0.311 e. The van der Waals surface area contributed by atoms with Crippen LogP contribution in [0.2, 0.25) is 0 Å². The Hall–Kier alpha value is -5.98. The quantitative estimate of drug-likeness (QED) is 0.138. The summed E-state index contributed by atoms with van der Waals surface area (Å²) in [7, 11) is 0. The molecule has 0 aliphatic heterocycles. The summed E-state index contributed by atoms with van der Waals surface area (Å²) in [6, 6.07) is 73.6. The number of para-hydroxylation sites is 4. The third-order valence-electron chi connectivity index (χ3n) is 9.18. The minimum atomic E-state index is 1.14. The molecule has 0 N–H and O–H groups in total. The van der Waals surface area contributed by atoms with E-state index < -0.39 is 0 Å². The maximum Gasteiger partial charge on any atom is 0.0462 e. The summed E-state index contributed by atoms with van der Waals surface area (Å²) < 4.78 is 0. The molecule has 3 aromatic heterocycles. The third kappa shape index (κ3) is 6.98. The van der Waals surface area contributed by atoms with Crippen LogP contribution in [-0.4, -0.2) is 0 Å². The van der Waals surface area contributed by atoms with Crippen LogP contribution in [0, 0.1) is 0 Å². The van der Waals surface area contributed by atoms with Gasteiger partial charge in [0.1, 0.15) is 0 Å². The van der Waals surface area contributed by atoms with Crippen LogP contribution < -0.4 is 9.80 Å². The van der Waals surface area contributed by atoms with Gasteiger partial charge in [-0.3, -0.25) is 0 Å². The molecule has 2 nitrogen and oxygen atoms in total. The molecule has 0 radical (unpaired) electrons. The molecule has 9 aromatic rings. The zero-order valence-corrected chi connectivity index (χ0v) is 31.2. The van der Waals surface area contributed by atoms with Crippen LogP contribution in [0.25, 0.3) is 40.4 Å². The summed E-state index contributed by atoms with van der Waals surface area (Å²) in [6.07, 6.45) is 0. The standard InChI is InChI=1S/C48H34N2S3/c1-5-13-37(14-6-1)49(38-15-7-2-8-16-38)41-25-21-35(22-26-41)43-29-31-45(51-43)47-33-34-48(53-47)46-32-30-44(52-46)36-23-27-42(28-24-36)50(39-17-9-3-10-18-39)40-19-11-4-12-20-40/h1-34H. The lowest BCUT2D eigenvalue weighted by Gasteiger charge is -2.25. The van der Waals surface area contributed by atoms with Gasteiger partial charge in [0.25, 0.3) is 0 Å². The summed E-state index contributed by atoms with van der Waals surface area (Å²) in [4.78, 5) is 12.3. The second kappa shape index (κ2) is 14.9. The normalized spacial score (nSPS) is 11.0. The fourth-order valence-electron chi connectivity index (χ4n) is 6.61. The molecule has 0 spiro atoms. The van der Waals surface area contributed by atoms with E-state index in [1.165, 1.54) is 40.4 Å². The van der Waals surface area contributed by atoms with Gasteiger partial charge >= 0.3 is 0 Å². The predicted octanol–water partition coefficient (Wildman–Crippen LogP) is 15.5. The minimum Gasteiger partial charge on any atom is -0.311 e. The lowest BCUT2D eigenvalue weighted by molar-refractivity contribution is 1.28. The van der Waals surface area contributed by atoms with Gasteiger partial charge in [-0.05, 0) is 120 Å². The van der Waals surface area contributed by atoms with Gasteiger partial charge in [-0.2, -0.15) is 0 Å². The van der Waals surface area contributed by atoms with Gasteiger partial charge < -0.3 is 9.80 Å². The molecule has 3 heterocycles. The highest BCUT2D eigenvalue weighted by atomic mass is 32.1. The van der Waals surface area contributed by atoms with Crippen LogP contribution >= 0.6 is 34.0 Å². The van der Waals surface area contributed by atoms with Crippen LogP contribution in [0.5, 0.6) is 0 Å². The molecule has 254 valence electrons. The van der Waals surface area contributed by atoms with Gasteiger partial charge in [0.05, 0.1) is 0 Å². The van der Waals surface area contributed by atoms with Crippen LogP contribution in [-0.2, 0) is 0 Å². The molecule has 53 heavy (non-hydrogen) atoms. The summed E-state index contributed by atoms with van der Waals surface area (Å²) in [6.45, 7) is 0. The average molecular weight is 735 g/mol. The van der Waals surface area contributed by atoms with Crippen molar-refractivity contribution in [2.45, 2.75) is 0 Å². The first kappa shape index (κ1) is 32.9. The summed E-state index contributed by atoms with van der Waals surface area (Å²) in [5, 5.41) is 0. The SMILES string of the molecule is c1ccc(N(c2ccccc2)c2ccc(-c3ccc(-c4ccc(-c5ccc(-c6ccc(N(c7ccccc7)c7ccccc7)cc6)s5)s4)s3)cc2)cc1. The van der Waals surface area contributed by atoms with Crippen LogP contribution in [0.1, 0.15) is 0 Å².